The average molecular weight is 529 g/mol. The van der Waals surface area contributed by atoms with Gasteiger partial charge in [0.1, 0.15) is 0 Å². The predicted octanol–water partition coefficient (Wildman–Crippen LogP) is 4.80. The number of fused-ring (bicyclic) bond motifs is 1. The Hall–Kier alpha value is -4.07. The first-order valence-corrected chi connectivity index (χ1v) is 13.3. The van der Waals surface area contributed by atoms with E-state index in [1.165, 1.54) is 0 Å². The van der Waals surface area contributed by atoms with Crippen molar-refractivity contribution >= 4 is 34.0 Å². The first-order chi connectivity index (χ1) is 18.7. The summed E-state index contributed by atoms with van der Waals surface area (Å²) in [7, 11) is 7.20. The second-order valence-corrected chi connectivity index (χ2v) is 10.9. The van der Waals surface area contributed by atoms with Crippen molar-refractivity contribution in [1.29, 1.82) is 0 Å². The first-order valence-electron chi connectivity index (χ1n) is 13.3. The molecule has 8 heteroatoms. The zero-order valence-electron chi connectivity index (χ0n) is 23.5. The van der Waals surface area contributed by atoms with Crippen LogP contribution >= 0.6 is 0 Å². The van der Waals surface area contributed by atoms with Crippen molar-refractivity contribution in [2.24, 2.45) is 10.5 Å². The molecule has 0 radical (unpaired) electrons. The number of nitrogens with zero attached hydrogens (tertiary/aromatic N) is 4. The highest BCUT2D eigenvalue weighted by Crippen LogP contribution is 2.38. The SMILES string of the molecule is COc1ccc(C2=NN(C3CCN(C(=O)c4ccc(N(C)C)c5ccccc45)CC3)C(=O)C2(C)C)cc1OC. The van der Waals surface area contributed by atoms with Crippen LogP contribution in [0.2, 0.25) is 0 Å². The highest BCUT2D eigenvalue weighted by molar-refractivity contribution is 6.19. The Morgan fingerprint density at radius 2 is 1.62 bits per heavy atom. The van der Waals surface area contributed by atoms with Gasteiger partial charge in [0, 0.05) is 49.4 Å². The third-order valence-corrected chi connectivity index (χ3v) is 7.91. The van der Waals surface area contributed by atoms with Gasteiger partial charge in [0.05, 0.1) is 31.4 Å². The molecule has 2 aliphatic heterocycles. The van der Waals surface area contributed by atoms with E-state index >= 15 is 0 Å². The van der Waals surface area contributed by atoms with E-state index in [-0.39, 0.29) is 17.9 Å². The van der Waals surface area contributed by atoms with Gasteiger partial charge in [-0.2, -0.15) is 5.10 Å². The van der Waals surface area contributed by atoms with Crippen molar-refractivity contribution in [2.45, 2.75) is 32.7 Å². The summed E-state index contributed by atoms with van der Waals surface area (Å²) in [6.07, 6.45) is 1.34. The third-order valence-electron chi connectivity index (χ3n) is 7.91. The number of benzene rings is 3. The van der Waals surface area contributed by atoms with Gasteiger partial charge in [0.25, 0.3) is 11.8 Å². The first kappa shape index (κ1) is 26.5. The van der Waals surface area contributed by atoms with Crippen molar-refractivity contribution in [2.75, 3.05) is 46.3 Å². The maximum absolute atomic E-state index is 13.6. The Balaban J connectivity index is 1.35. The number of rotatable bonds is 6. The summed E-state index contributed by atoms with van der Waals surface area (Å²) in [4.78, 5) is 31.1. The molecule has 0 bridgehead atoms. The van der Waals surface area contributed by atoms with E-state index in [2.05, 4.69) is 11.0 Å². The van der Waals surface area contributed by atoms with Gasteiger partial charge in [-0.05, 0) is 62.4 Å². The predicted molar refractivity (Wildman–Crippen MR) is 154 cm³/mol. The van der Waals surface area contributed by atoms with E-state index in [1.807, 2.05) is 81.4 Å². The number of piperidine rings is 1. The molecule has 0 aliphatic carbocycles. The maximum atomic E-state index is 13.6. The molecule has 1 saturated heterocycles. The minimum atomic E-state index is -0.778. The molecule has 204 valence electrons. The van der Waals surface area contributed by atoms with Crippen LogP contribution in [0.5, 0.6) is 11.5 Å². The number of methoxy groups -OCH3 is 2. The molecule has 8 nitrogen and oxygen atoms in total. The zero-order valence-corrected chi connectivity index (χ0v) is 23.5. The molecule has 5 rings (SSSR count). The number of ether oxygens (including phenoxy) is 2. The minimum Gasteiger partial charge on any atom is -0.493 e. The molecule has 3 aromatic carbocycles. The smallest absolute Gasteiger partial charge is 0.254 e. The van der Waals surface area contributed by atoms with Crippen molar-refractivity contribution in [3.63, 3.8) is 0 Å². The number of carbonyl (C=O) groups excluding carboxylic acids is 2. The van der Waals surface area contributed by atoms with Gasteiger partial charge in [0.15, 0.2) is 11.5 Å². The Labute approximate surface area is 229 Å². The van der Waals surface area contributed by atoms with Crippen LogP contribution in [-0.2, 0) is 4.79 Å². The average Bonchev–Trinajstić information content (AvgIpc) is 3.19. The van der Waals surface area contributed by atoms with Crippen LogP contribution in [0.3, 0.4) is 0 Å². The van der Waals surface area contributed by atoms with Crippen LogP contribution in [0.1, 0.15) is 42.6 Å². The van der Waals surface area contributed by atoms with Crippen LogP contribution in [-0.4, -0.2) is 74.9 Å². The molecular formula is C31H36N4O4. The molecule has 3 aromatic rings. The Kier molecular flexibility index (Phi) is 6.97. The van der Waals surface area contributed by atoms with Crippen LogP contribution < -0.4 is 14.4 Å². The van der Waals surface area contributed by atoms with Crippen molar-refractivity contribution < 1.29 is 19.1 Å². The second-order valence-electron chi connectivity index (χ2n) is 10.9. The van der Waals surface area contributed by atoms with E-state index in [0.717, 1.165) is 22.0 Å². The van der Waals surface area contributed by atoms with Crippen LogP contribution in [0.4, 0.5) is 5.69 Å². The number of anilines is 1. The van der Waals surface area contributed by atoms with Gasteiger partial charge >= 0.3 is 0 Å². The van der Waals surface area contributed by atoms with Gasteiger partial charge in [0.2, 0.25) is 0 Å². The summed E-state index contributed by atoms with van der Waals surface area (Å²) >= 11 is 0. The molecule has 2 amide bonds. The van der Waals surface area contributed by atoms with Gasteiger partial charge < -0.3 is 19.3 Å². The zero-order chi connectivity index (χ0) is 27.9. The quantitative estimate of drug-likeness (QED) is 0.460. The summed E-state index contributed by atoms with van der Waals surface area (Å²) in [6.45, 7) is 4.95. The molecular weight excluding hydrogens is 492 g/mol. The fourth-order valence-corrected chi connectivity index (χ4v) is 5.66. The summed E-state index contributed by atoms with van der Waals surface area (Å²) in [6, 6.07) is 17.5. The lowest BCUT2D eigenvalue weighted by molar-refractivity contribution is -0.137. The lowest BCUT2D eigenvalue weighted by Gasteiger charge is -2.35. The van der Waals surface area contributed by atoms with E-state index < -0.39 is 5.41 Å². The van der Waals surface area contributed by atoms with Gasteiger partial charge in [-0.3, -0.25) is 9.59 Å². The monoisotopic (exact) mass is 528 g/mol. The van der Waals surface area contributed by atoms with Crippen molar-refractivity contribution in [3.05, 3.63) is 65.7 Å². The Bertz CT molecular complexity index is 1450. The molecule has 0 saturated carbocycles. The van der Waals surface area contributed by atoms with Gasteiger partial charge in [-0.25, -0.2) is 5.01 Å². The molecule has 0 unspecified atom stereocenters. The van der Waals surface area contributed by atoms with E-state index in [4.69, 9.17) is 14.6 Å². The largest absolute Gasteiger partial charge is 0.493 e. The number of hydrogen-bond acceptors (Lipinski definition) is 6. The van der Waals surface area contributed by atoms with E-state index in [9.17, 15) is 9.59 Å². The summed E-state index contributed by atoms with van der Waals surface area (Å²) < 4.78 is 10.8. The summed E-state index contributed by atoms with van der Waals surface area (Å²) in [5.74, 6) is 1.22. The standard InChI is InChI=1S/C31H36N4O4/c1-31(2)28(20-11-14-26(38-5)27(19-20)39-6)32-35(30(31)37)21-15-17-34(18-16-21)29(36)24-12-13-25(33(3)4)23-10-8-7-9-22(23)24/h7-14,19,21H,15-18H2,1-6H3. The molecule has 1 fully saturated rings. The van der Waals surface area contributed by atoms with Gasteiger partial charge in [-0.15, -0.1) is 0 Å². The number of hydrazone groups is 1. The van der Waals surface area contributed by atoms with Crippen LogP contribution in [0.25, 0.3) is 10.8 Å². The topological polar surface area (TPSA) is 74.7 Å². The molecule has 0 N–H and O–H groups in total. The maximum Gasteiger partial charge on any atom is 0.254 e. The van der Waals surface area contributed by atoms with Crippen LogP contribution in [0, 0.1) is 5.41 Å². The highest BCUT2D eigenvalue weighted by atomic mass is 16.5. The van der Waals surface area contributed by atoms with Crippen molar-refractivity contribution in [3.8, 4) is 11.5 Å². The molecule has 0 atom stereocenters. The molecule has 0 spiro atoms. The minimum absolute atomic E-state index is 0.0255. The lowest BCUT2D eigenvalue weighted by Crippen LogP contribution is -2.47. The number of hydrogen-bond donors (Lipinski definition) is 0. The highest BCUT2D eigenvalue weighted by Gasteiger charge is 2.47. The Morgan fingerprint density at radius 3 is 2.26 bits per heavy atom. The number of carbonyl (C=O) groups is 2. The van der Waals surface area contributed by atoms with E-state index in [0.29, 0.717) is 48.7 Å². The summed E-state index contributed by atoms with van der Waals surface area (Å²) in [5.41, 5.74) is 2.55. The summed E-state index contributed by atoms with van der Waals surface area (Å²) in [5, 5.41) is 8.50. The lowest BCUT2D eigenvalue weighted by atomic mass is 9.83. The van der Waals surface area contributed by atoms with Crippen LogP contribution in [0.15, 0.2) is 59.7 Å². The number of amides is 2. The Morgan fingerprint density at radius 1 is 0.949 bits per heavy atom. The van der Waals surface area contributed by atoms with Gasteiger partial charge in [-0.1, -0.05) is 24.3 Å². The molecule has 2 heterocycles. The third kappa shape index (κ3) is 4.58. The van der Waals surface area contributed by atoms with Crippen molar-refractivity contribution in [1.82, 2.24) is 9.91 Å². The fourth-order valence-electron chi connectivity index (χ4n) is 5.66. The molecule has 0 aromatic heterocycles. The normalized spacial score (nSPS) is 17.4. The molecule has 39 heavy (non-hydrogen) atoms. The fraction of sp³-hybridized carbons (Fsp3) is 0.387. The number of likely N-dealkylation sites (tertiary alicyclic amines) is 1. The molecule has 2 aliphatic rings. The van der Waals surface area contributed by atoms with E-state index in [1.54, 1.807) is 19.2 Å². The second kappa shape index (κ2) is 10.2.